The molecule has 3 aliphatic carbocycles. The van der Waals surface area contributed by atoms with Gasteiger partial charge in [-0.1, -0.05) is 87.0 Å². The number of alkyl halides is 4. The quantitative estimate of drug-likeness (QED) is 0.207. The van der Waals surface area contributed by atoms with E-state index in [1.807, 2.05) is 20.8 Å². The highest BCUT2D eigenvalue weighted by Gasteiger charge is 2.52. The third-order valence-electron chi connectivity index (χ3n) is 22.3. The number of piperidine rings is 1. The molecule has 3 saturated carbocycles. The van der Waals surface area contributed by atoms with E-state index in [1.165, 1.54) is 73.8 Å². The average molecular weight is 1420 g/mol. The summed E-state index contributed by atoms with van der Waals surface area (Å²) in [5.74, 6) is -10.6. The van der Waals surface area contributed by atoms with Gasteiger partial charge in [0.15, 0.2) is 0 Å². The Bertz CT molecular complexity index is 2880. The zero-order valence-electron chi connectivity index (χ0n) is 61.4. The van der Waals surface area contributed by atoms with E-state index in [0.717, 1.165) is 46.8 Å². The first-order chi connectivity index (χ1) is 46.4. The number of fused-ring (bicyclic) bond motifs is 1. The van der Waals surface area contributed by atoms with Crippen LogP contribution in [-0.2, 0) is 57.5 Å². The van der Waals surface area contributed by atoms with Gasteiger partial charge in [-0.05, 0) is 132 Å². The molecule has 0 radical (unpaired) electrons. The second kappa shape index (κ2) is 36.0. The van der Waals surface area contributed by atoms with E-state index in [-0.39, 0.29) is 88.5 Å². The van der Waals surface area contributed by atoms with Gasteiger partial charge in [0.05, 0.1) is 32.0 Å². The summed E-state index contributed by atoms with van der Waals surface area (Å²) in [5.41, 5.74) is -1.56. The first kappa shape index (κ1) is 81.7. The number of carbonyl (C=O) groups is 12. The van der Waals surface area contributed by atoms with E-state index in [4.69, 9.17) is 11.6 Å². The molecule has 3 saturated heterocycles. The Morgan fingerprint density at radius 2 is 1.23 bits per heavy atom. The second-order valence-electron chi connectivity index (χ2n) is 30.7. The van der Waals surface area contributed by atoms with Gasteiger partial charge in [-0.3, -0.25) is 57.5 Å². The average Bonchev–Trinajstić information content (AvgIpc) is 1.75. The van der Waals surface area contributed by atoms with Crippen molar-refractivity contribution in [2.45, 2.75) is 249 Å². The van der Waals surface area contributed by atoms with Gasteiger partial charge in [-0.25, -0.2) is 0 Å². The fraction of sp³-hybridized carbons (Fsp3) is 0.831. The molecule has 6 fully saturated rings. The minimum atomic E-state index is -4.51. The Kier molecular flexibility index (Phi) is 29.7. The van der Waals surface area contributed by atoms with Crippen LogP contribution in [0.25, 0.3) is 0 Å². The number of nitrogens with zero attached hydrogens (tertiary/aromatic N) is 9. The molecule has 12 amide bonds. The van der Waals surface area contributed by atoms with Crippen LogP contribution in [0, 0.1) is 41.4 Å². The van der Waals surface area contributed by atoms with Crippen molar-refractivity contribution in [3.8, 4) is 0 Å². The molecule has 3 N–H and O–H groups in total. The molecule has 1 spiro atoms. The predicted molar refractivity (Wildman–Crippen MR) is 367 cm³/mol. The lowest BCUT2D eigenvalue weighted by molar-refractivity contribution is -0.182. The summed E-state index contributed by atoms with van der Waals surface area (Å²) < 4.78 is 42.0. The number of likely N-dealkylation sites (N-methyl/N-ethyl adjacent to an activating group) is 7. The molecule has 0 aromatic heterocycles. The van der Waals surface area contributed by atoms with Gasteiger partial charge < -0.3 is 60.0 Å². The summed E-state index contributed by atoms with van der Waals surface area (Å²) in [6.45, 7) is 12.1. The molecule has 3 heterocycles. The number of hydrogen-bond donors (Lipinski definition) is 3. The lowest BCUT2D eigenvalue weighted by Crippen LogP contribution is -2.65. The van der Waals surface area contributed by atoms with Crippen LogP contribution in [0.5, 0.6) is 0 Å². The number of likely N-dealkylation sites (tertiary alicyclic amines) is 1. The third-order valence-corrected chi connectivity index (χ3v) is 22.8. The van der Waals surface area contributed by atoms with Gasteiger partial charge in [-0.15, -0.1) is 11.6 Å². The van der Waals surface area contributed by atoms with E-state index >= 15 is 19.2 Å². The maximum Gasteiger partial charge on any atom is 0.393 e. The summed E-state index contributed by atoms with van der Waals surface area (Å²) in [6, 6.07) is -8.66. The summed E-state index contributed by atoms with van der Waals surface area (Å²) in [7, 11) is 9.94. The second-order valence-corrected chi connectivity index (χ2v) is 31.3. The third kappa shape index (κ3) is 21.0. The SMILES string of the molecule is CC[C@H](C)[C@@H]1NC(=O)[C@H](CC(C)C)N(C)C(=O)C[C@@H](C(=O)N2CCCCC2)N(C)C(=O)[C@H](C(C)C)N(C)C(=O)C2(CCCC2)NC(=O)[C@@H]2CCCN2C(=O)[C@H](CCC2CCC(C(F)(F)F)C(Cl)C2)NC(=O)CN(C)C(=O)[C@H](CC2CCCC(C)C2)N(C)C(=O)CN(C)C(=O)CN(C)C1=O. The maximum absolute atomic E-state index is 15.4. The fourth-order valence-electron chi connectivity index (χ4n) is 15.9. The fourth-order valence-corrected chi connectivity index (χ4v) is 16.5. The van der Waals surface area contributed by atoms with Crippen LogP contribution in [-0.4, -0.2) is 263 Å². The highest BCUT2D eigenvalue weighted by atomic mass is 35.5. The predicted octanol–water partition coefficient (Wildman–Crippen LogP) is 5.81. The van der Waals surface area contributed by atoms with Crippen molar-refractivity contribution in [3.05, 3.63) is 0 Å². The number of rotatable bonds is 11. The highest BCUT2D eigenvalue weighted by Crippen LogP contribution is 2.44. The lowest BCUT2D eigenvalue weighted by atomic mass is 9.78. The van der Waals surface area contributed by atoms with E-state index in [1.54, 1.807) is 25.7 Å². The zero-order chi connectivity index (χ0) is 73.7. The molecule has 3 aliphatic heterocycles. The van der Waals surface area contributed by atoms with Crippen molar-refractivity contribution in [3.63, 3.8) is 0 Å². The summed E-state index contributed by atoms with van der Waals surface area (Å²) in [6.07, 6.45) is 3.28. The van der Waals surface area contributed by atoms with Gasteiger partial charge in [0, 0.05) is 74.3 Å². The van der Waals surface area contributed by atoms with Crippen LogP contribution in [0.3, 0.4) is 0 Å². The Morgan fingerprint density at radius 1 is 0.606 bits per heavy atom. The summed E-state index contributed by atoms with van der Waals surface area (Å²) in [4.78, 5) is 190. The first-order valence-electron chi connectivity index (χ1n) is 36.4. The van der Waals surface area contributed by atoms with Gasteiger partial charge in [0.2, 0.25) is 70.9 Å². The standard InChI is InChI=1S/C71H116ClF3N12O12/c1-15-46(7)60-67(97)81(10)41-58(90)79(8)42-59(91)83(12)54(38-48-24-21-23-45(6)36-48)65(95)80(9)40-56(88)76-51(29-27-47-26-28-49(50(72)37-47)71(73,74)75)64(94)87-34-22-25-52(87)63(93)78-70(30-17-18-31-70)69(99)85(14)61(44(4)5)68(98)84(13)55(66(96)86-32-19-16-20-33-86)39-57(89)82(11)53(35-43(2)3)62(92)77-60/h43-55,60-61H,15-42H2,1-14H3,(H,76,88)(H,77,92)(H,78,93)/t45?,46-,47?,48?,49?,50?,51-,52-,53-,54-,55-,60-,61-/m0/s1. The van der Waals surface area contributed by atoms with Crippen LogP contribution in [0.2, 0.25) is 0 Å². The van der Waals surface area contributed by atoms with E-state index in [9.17, 15) is 51.5 Å². The first-order valence-corrected chi connectivity index (χ1v) is 36.9. The molecule has 0 aromatic rings. The summed E-state index contributed by atoms with van der Waals surface area (Å²) >= 11 is 6.40. The molecule has 28 heteroatoms. The molecule has 6 aliphatic rings. The number of carbonyl (C=O) groups excluding carboxylic acids is 12. The van der Waals surface area contributed by atoms with Crippen LogP contribution < -0.4 is 16.0 Å². The van der Waals surface area contributed by atoms with Gasteiger partial charge >= 0.3 is 6.18 Å². The molecule has 24 nitrogen and oxygen atoms in total. The summed E-state index contributed by atoms with van der Waals surface area (Å²) in [5, 5.41) is 7.55. The largest absolute Gasteiger partial charge is 0.393 e. The molecular weight excluding hydrogens is 1310 g/mol. The maximum atomic E-state index is 15.4. The normalized spacial score (nSPS) is 30.5. The Morgan fingerprint density at radius 3 is 1.83 bits per heavy atom. The Balaban J connectivity index is 1.41. The van der Waals surface area contributed by atoms with Gasteiger partial charge in [-0.2, -0.15) is 13.2 Å². The Labute approximate surface area is 589 Å². The number of halogens is 4. The van der Waals surface area contributed by atoms with Crippen molar-refractivity contribution in [1.29, 1.82) is 0 Å². The molecule has 5 unspecified atom stereocenters. The minimum absolute atomic E-state index is 0.00201. The van der Waals surface area contributed by atoms with Crippen molar-refractivity contribution in [1.82, 2.24) is 60.0 Å². The van der Waals surface area contributed by atoms with E-state index < -0.39 is 174 Å². The highest BCUT2D eigenvalue weighted by molar-refractivity contribution is 6.21. The van der Waals surface area contributed by atoms with E-state index in [2.05, 4.69) is 22.9 Å². The van der Waals surface area contributed by atoms with Crippen molar-refractivity contribution >= 4 is 82.5 Å². The molecule has 560 valence electrons. The Hall–Kier alpha value is -6.28. The van der Waals surface area contributed by atoms with Crippen molar-refractivity contribution in [2.75, 3.05) is 88.6 Å². The molecule has 99 heavy (non-hydrogen) atoms. The molecule has 6 rings (SSSR count). The monoisotopic (exact) mass is 1420 g/mol. The number of amides is 12. The zero-order valence-corrected chi connectivity index (χ0v) is 62.2. The van der Waals surface area contributed by atoms with Gasteiger partial charge in [0.1, 0.15) is 47.8 Å². The van der Waals surface area contributed by atoms with Crippen LogP contribution in [0.15, 0.2) is 0 Å². The smallest absolute Gasteiger partial charge is 0.343 e. The van der Waals surface area contributed by atoms with E-state index in [0.29, 0.717) is 57.5 Å². The molecule has 13 atom stereocenters. The topological polar surface area (TPSA) is 270 Å². The van der Waals surface area contributed by atoms with Crippen molar-refractivity contribution in [2.24, 2.45) is 41.4 Å². The van der Waals surface area contributed by atoms with Crippen LogP contribution in [0.1, 0.15) is 190 Å². The minimum Gasteiger partial charge on any atom is -0.343 e. The van der Waals surface area contributed by atoms with Crippen molar-refractivity contribution < 1.29 is 70.7 Å². The van der Waals surface area contributed by atoms with Gasteiger partial charge in [0.25, 0.3) is 0 Å². The molecular formula is C71H116ClF3N12O12. The number of hydrogen-bond acceptors (Lipinski definition) is 12. The number of nitrogens with one attached hydrogen (secondary N) is 3. The molecule has 0 aromatic carbocycles. The van der Waals surface area contributed by atoms with Crippen LogP contribution in [0.4, 0.5) is 13.2 Å². The molecule has 0 bridgehead atoms. The van der Waals surface area contributed by atoms with Crippen LogP contribution >= 0.6 is 11.6 Å². The lowest BCUT2D eigenvalue weighted by Gasteiger charge is -2.42.